The van der Waals surface area contributed by atoms with E-state index in [0.29, 0.717) is 11.1 Å². The summed E-state index contributed by atoms with van der Waals surface area (Å²) in [5.74, 6) is -0.625. The maximum Gasteiger partial charge on any atom is 0.276 e. The van der Waals surface area contributed by atoms with Gasteiger partial charge >= 0.3 is 0 Å². The van der Waals surface area contributed by atoms with Gasteiger partial charge in [-0.3, -0.25) is 9.59 Å². The maximum absolute atomic E-state index is 13.1. The number of hydrogen-bond acceptors (Lipinski definition) is 3. The predicted octanol–water partition coefficient (Wildman–Crippen LogP) is 2.87. The normalized spacial score (nSPS) is 13.5. The molecule has 1 aromatic carbocycles. The van der Waals surface area contributed by atoms with Gasteiger partial charge in [-0.15, -0.1) is 0 Å². The quantitative estimate of drug-likeness (QED) is 0.713. The molecule has 2 heterocycles. The molecule has 146 valence electrons. The molecule has 0 aliphatic heterocycles. The topological polar surface area (TPSA) is 68.4 Å². The van der Waals surface area contributed by atoms with Crippen molar-refractivity contribution < 1.29 is 9.18 Å². The molecule has 2 aromatic heterocycles. The monoisotopic (exact) mass is 402 g/mol. The van der Waals surface area contributed by atoms with Crippen LogP contribution in [0, 0.1) is 5.82 Å². The van der Waals surface area contributed by atoms with Gasteiger partial charge in [0.05, 0.1) is 5.69 Å². The molecule has 1 aliphatic rings. The first-order valence-electron chi connectivity index (χ1n) is 9.33. The summed E-state index contributed by atoms with van der Waals surface area (Å²) in [6.45, 7) is 0.486. The molecule has 1 amide bonds. The third-order valence-corrected chi connectivity index (χ3v) is 5.46. The van der Waals surface area contributed by atoms with Gasteiger partial charge in [0.1, 0.15) is 11.3 Å². The molecule has 3 aromatic rings. The Morgan fingerprint density at radius 2 is 2.07 bits per heavy atom. The standard InChI is InChI=1S/C20H20ClFN4O2/c21-16-11-14(22)6-5-13(16)12-23-18(27)7-8-25-9-10-26-19(20(25)28)15-3-1-2-4-17(15)24-26/h5-6,9-11H,1-4,7-8,12H2,(H,23,27). The fourth-order valence-electron chi connectivity index (χ4n) is 3.60. The Bertz CT molecular complexity index is 1110. The van der Waals surface area contributed by atoms with Gasteiger partial charge in [0.15, 0.2) is 0 Å². The minimum atomic E-state index is -0.420. The van der Waals surface area contributed by atoms with Crippen molar-refractivity contribution in [2.45, 2.75) is 45.2 Å². The lowest BCUT2D eigenvalue weighted by atomic mass is 9.97. The molecule has 0 saturated heterocycles. The second-order valence-electron chi connectivity index (χ2n) is 6.98. The number of nitrogens with one attached hydrogen (secondary N) is 1. The highest BCUT2D eigenvalue weighted by atomic mass is 35.5. The Hall–Kier alpha value is -2.67. The van der Waals surface area contributed by atoms with E-state index < -0.39 is 5.82 Å². The predicted molar refractivity (Wildman–Crippen MR) is 104 cm³/mol. The lowest BCUT2D eigenvalue weighted by Gasteiger charge is -2.10. The molecule has 1 aliphatic carbocycles. The zero-order valence-corrected chi connectivity index (χ0v) is 16.0. The molecule has 0 atom stereocenters. The maximum atomic E-state index is 13.1. The number of carbonyl (C=O) groups excluding carboxylic acids is 1. The highest BCUT2D eigenvalue weighted by molar-refractivity contribution is 6.31. The molecule has 8 heteroatoms. The molecule has 0 bridgehead atoms. The number of hydrogen-bond donors (Lipinski definition) is 1. The molecule has 6 nitrogen and oxygen atoms in total. The lowest BCUT2D eigenvalue weighted by molar-refractivity contribution is -0.121. The van der Waals surface area contributed by atoms with E-state index in [1.165, 1.54) is 12.1 Å². The van der Waals surface area contributed by atoms with Crippen molar-refractivity contribution in [3.05, 3.63) is 68.6 Å². The van der Waals surface area contributed by atoms with E-state index in [9.17, 15) is 14.0 Å². The summed E-state index contributed by atoms with van der Waals surface area (Å²) in [4.78, 5) is 25.0. The zero-order chi connectivity index (χ0) is 19.7. The molecule has 1 N–H and O–H groups in total. The van der Waals surface area contributed by atoms with Gasteiger partial charge in [0, 0.05) is 42.5 Å². The average Bonchev–Trinajstić information content (AvgIpc) is 3.06. The number of amides is 1. The minimum absolute atomic E-state index is 0.118. The summed E-state index contributed by atoms with van der Waals surface area (Å²) in [6.07, 6.45) is 7.54. The van der Waals surface area contributed by atoms with Crippen molar-refractivity contribution in [2.24, 2.45) is 0 Å². The molecule has 0 saturated carbocycles. The molecule has 4 rings (SSSR count). The third-order valence-electron chi connectivity index (χ3n) is 5.10. The first-order valence-corrected chi connectivity index (χ1v) is 9.71. The number of rotatable bonds is 5. The van der Waals surface area contributed by atoms with Crippen molar-refractivity contribution in [1.82, 2.24) is 19.5 Å². The average molecular weight is 403 g/mol. The Morgan fingerprint density at radius 1 is 1.25 bits per heavy atom. The molecule has 0 spiro atoms. The summed E-state index contributed by atoms with van der Waals surface area (Å²) < 4.78 is 16.3. The van der Waals surface area contributed by atoms with Crippen LogP contribution in [-0.2, 0) is 30.7 Å². The van der Waals surface area contributed by atoms with Crippen LogP contribution in [0.25, 0.3) is 5.52 Å². The fraction of sp³-hybridized carbons (Fsp3) is 0.350. The molecular weight excluding hydrogens is 383 g/mol. The number of aryl methyl sites for hydroxylation is 3. The summed E-state index contributed by atoms with van der Waals surface area (Å²) in [6, 6.07) is 4.05. The van der Waals surface area contributed by atoms with E-state index in [1.54, 1.807) is 27.5 Å². The van der Waals surface area contributed by atoms with Crippen LogP contribution in [0.4, 0.5) is 4.39 Å². The Labute approximate surface area is 165 Å². The first-order chi connectivity index (χ1) is 13.5. The van der Waals surface area contributed by atoms with Gasteiger partial charge < -0.3 is 9.88 Å². The number of fused-ring (bicyclic) bond motifs is 3. The largest absolute Gasteiger partial charge is 0.352 e. The third kappa shape index (κ3) is 3.67. The second-order valence-corrected chi connectivity index (χ2v) is 7.39. The van der Waals surface area contributed by atoms with Crippen molar-refractivity contribution in [3.63, 3.8) is 0 Å². The Kier molecular flexibility index (Phi) is 5.17. The van der Waals surface area contributed by atoms with Crippen molar-refractivity contribution in [3.8, 4) is 0 Å². The minimum Gasteiger partial charge on any atom is -0.352 e. The van der Waals surface area contributed by atoms with E-state index in [1.807, 2.05) is 0 Å². The highest BCUT2D eigenvalue weighted by Gasteiger charge is 2.19. The van der Waals surface area contributed by atoms with Gasteiger partial charge in [0.25, 0.3) is 5.56 Å². The highest BCUT2D eigenvalue weighted by Crippen LogP contribution is 2.22. The van der Waals surface area contributed by atoms with Crippen LogP contribution in [0.1, 0.15) is 36.1 Å². The van der Waals surface area contributed by atoms with Gasteiger partial charge in [-0.1, -0.05) is 17.7 Å². The molecule has 28 heavy (non-hydrogen) atoms. The number of carbonyl (C=O) groups is 1. The van der Waals surface area contributed by atoms with Crippen molar-refractivity contribution >= 4 is 23.0 Å². The molecule has 0 radical (unpaired) electrons. The summed E-state index contributed by atoms with van der Waals surface area (Å²) in [7, 11) is 0. The van der Waals surface area contributed by atoms with Crippen molar-refractivity contribution in [2.75, 3.05) is 0 Å². The van der Waals surface area contributed by atoms with Crippen LogP contribution in [0.2, 0.25) is 5.02 Å². The van der Waals surface area contributed by atoms with Crippen LogP contribution in [-0.4, -0.2) is 20.1 Å². The number of nitrogens with zero attached hydrogens (tertiary/aromatic N) is 3. The fourth-order valence-corrected chi connectivity index (χ4v) is 3.83. The van der Waals surface area contributed by atoms with Gasteiger partial charge in [0.2, 0.25) is 5.91 Å². The van der Waals surface area contributed by atoms with Crippen LogP contribution in [0.15, 0.2) is 35.4 Å². The van der Waals surface area contributed by atoms with E-state index >= 15 is 0 Å². The van der Waals surface area contributed by atoms with E-state index in [2.05, 4.69) is 10.4 Å². The van der Waals surface area contributed by atoms with E-state index in [-0.39, 0.29) is 36.0 Å². The molecular formula is C20H20ClFN4O2. The van der Waals surface area contributed by atoms with Crippen LogP contribution in [0.5, 0.6) is 0 Å². The number of benzene rings is 1. The Morgan fingerprint density at radius 3 is 2.89 bits per heavy atom. The van der Waals surface area contributed by atoms with E-state index in [4.69, 9.17) is 11.6 Å². The number of halogens is 2. The van der Waals surface area contributed by atoms with Gasteiger partial charge in [-0.25, -0.2) is 8.91 Å². The summed E-state index contributed by atoms with van der Waals surface area (Å²) >= 11 is 5.96. The SMILES string of the molecule is O=C(CCn1ccn2nc3c(c2c1=O)CCCC3)NCc1ccc(F)cc1Cl. The second kappa shape index (κ2) is 7.75. The summed E-state index contributed by atoms with van der Waals surface area (Å²) in [5, 5.41) is 7.54. The molecule has 0 unspecified atom stereocenters. The number of aromatic nitrogens is 3. The van der Waals surface area contributed by atoms with Crippen molar-refractivity contribution in [1.29, 1.82) is 0 Å². The zero-order valence-electron chi connectivity index (χ0n) is 15.3. The van der Waals surface area contributed by atoms with Gasteiger partial charge in [-0.2, -0.15) is 5.10 Å². The lowest BCUT2D eigenvalue weighted by Crippen LogP contribution is -2.28. The summed E-state index contributed by atoms with van der Waals surface area (Å²) in [5.41, 5.74) is 3.19. The van der Waals surface area contributed by atoms with Crippen LogP contribution < -0.4 is 10.9 Å². The van der Waals surface area contributed by atoms with Crippen LogP contribution in [0.3, 0.4) is 0 Å². The van der Waals surface area contributed by atoms with Gasteiger partial charge in [-0.05, 0) is 43.4 Å². The first kappa shape index (κ1) is 18.7. The molecule has 0 fully saturated rings. The Balaban J connectivity index is 1.43. The smallest absolute Gasteiger partial charge is 0.276 e. The van der Waals surface area contributed by atoms with Crippen LogP contribution >= 0.6 is 11.6 Å². The van der Waals surface area contributed by atoms with E-state index in [0.717, 1.165) is 36.9 Å².